The van der Waals surface area contributed by atoms with Crippen LogP contribution in [0.5, 0.6) is 0 Å². The Morgan fingerprint density at radius 1 is 1.57 bits per heavy atom. The maximum Gasteiger partial charge on any atom is 0.0584 e. The van der Waals surface area contributed by atoms with E-state index in [1.54, 1.807) is 0 Å². The van der Waals surface area contributed by atoms with E-state index < -0.39 is 0 Å². The van der Waals surface area contributed by atoms with Gasteiger partial charge in [-0.2, -0.15) is 0 Å². The Labute approximate surface area is 84.9 Å². The maximum atomic E-state index is 5.64. The van der Waals surface area contributed by atoms with Crippen molar-refractivity contribution in [2.45, 2.75) is 32.0 Å². The highest BCUT2D eigenvalue weighted by Gasteiger charge is 2.26. The first-order valence-corrected chi connectivity index (χ1v) is 5.14. The van der Waals surface area contributed by atoms with E-state index in [1.165, 1.54) is 18.4 Å². The minimum atomic E-state index is 0.536. The quantitative estimate of drug-likeness (QED) is 0.776. The van der Waals surface area contributed by atoms with Gasteiger partial charge in [-0.25, -0.2) is 0 Å². The third-order valence-electron chi connectivity index (χ3n) is 2.77. The third kappa shape index (κ3) is 2.11. The normalized spacial score (nSPS) is 16.2. The van der Waals surface area contributed by atoms with Crippen molar-refractivity contribution in [1.82, 2.24) is 9.88 Å². The Balaban J connectivity index is 2.06. The molecule has 2 N–H and O–H groups in total. The Morgan fingerprint density at radius 3 is 3.00 bits per heavy atom. The zero-order valence-electron chi connectivity index (χ0n) is 8.61. The molecule has 1 aromatic heterocycles. The molecule has 0 unspecified atom stereocenters. The van der Waals surface area contributed by atoms with Crippen molar-refractivity contribution in [3.05, 3.63) is 29.6 Å². The van der Waals surface area contributed by atoms with Crippen LogP contribution in [0.2, 0.25) is 0 Å². The SMILES string of the molecule is CN(Cc1cccnc1CN)C1CC1. The Hall–Kier alpha value is -0.930. The molecule has 3 nitrogen and oxygen atoms in total. The van der Waals surface area contributed by atoms with Crippen molar-refractivity contribution in [3.8, 4) is 0 Å². The molecule has 0 aromatic carbocycles. The van der Waals surface area contributed by atoms with Crippen LogP contribution in [0.4, 0.5) is 0 Å². The average Bonchev–Trinajstić information content (AvgIpc) is 3.02. The van der Waals surface area contributed by atoms with Crippen LogP contribution in [0, 0.1) is 0 Å². The second kappa shape index (κ2) is 4.07. The summed E-state index contributed by atoms with van der Waals surface area (Å²) in [5, 5.41) is 0. The molecule has 76 valence electrons. The van der Waals surface area contributed by atoms with Gasteiger partial charge in [-0.1, -0.05) is 6.07 Å². The number of hydrogen-bond acceptors (Lipinski definition) is 3. The molecular weight excluding hydrogens is 174 g/mol. The van der Waals surface area contributed by atoms with Gasteiger partial charge in [0, 0.05) is 25.3 Å². The van der Waals surface area contributed by atoms with Crippen LogP contribution in [0.3, 0.4) is 0 Å². The zero-order valence-corrected chi connectivity index (χ0v) is 8.61. The van der Waals surface area contributed by atoms with Crippen molar-refractivity contribution in [2.24, 2.45) is 5.73 Å². The monoisotopic (exact) mass is 191 g/mol. The topological polar surface area (TPSA) is 42.2 Å². The summed E-state index contributed by atoms with van der Waals surface area (Å²) in [7, 11) is 2.17. The summed E-state index contributed by atoms with van der Waals surface area (Å²) in [6.07, 6.45) is 4.49. The van der Waals surface area contributed by atoms with Crippen LogP contribution < -0.4 is 5.73 Å². The van der Waals surface area contributed by atoms with Gasteiger partial charge < -0.3 is 5.73 Å². The molecule has 1 aliphatic carbocycles. The number of nitrogens with two attached hydrogens (primary N) is 1. The Bertz CT molecular complexity index is 307. The second-order valence-electron chi connectivity index (χ2n) is 3.96. The van der Waals surface area contributed by atoms with E-state index in [-0.39, 0.29) is 0 Å². The first kappa shape index (κ1) is 9.62. The van der Waals surface area contributed by atoms with Gasteiger partial charge in [0.05, 0.1) is 5.69 Å². The van der Waals surface area contributed by atoms with Gasteiger partial charge in [0.1, 0.15) is 0 Å². The molecule has 1 saturated carbocycles. The molecule has 0 aliphatic heterocycles. The molecule has 1 aliphatic rings. The van der Waals surface area contributed by atoms with E-state index in [4.69, 9.17) is 5.73 Å². The summed E-state index contributed by atoms with van der Waals surface area (Å²) in [4.78, 5) is 6.66. The number of rotatable bonds is 4. The lowest BCUT2D eigenvalue weighted by molar-refractivity contribution is 0.315. The van der Waals surface area contributed by atoms with E-state index in [0.717, 1.165) is 18.3 Å². The molecule has 0 bridgehead atoms. The van der Waals surface area contributed by atoms with Crippen molar-refractivity contribution >= 4 is 0 Å². The molecule has 0 saturated heterocycles. The molecule has 3 heteroatoms. The maximum absolute atomic E-state index is 5.64. The average molecular weight is 191 g/mol. The van der Waals surface area contributed by atoms with Gasteiger partial charge in [-0.15, -0.1) is 0 Å². The fourth-order valence-corrected chi connectivity index (χ4v) is 1.71. The molecule has 2 rings (SSSR count). The summed E-state index contributed by atoms with van der Waals surface area (Å²) in [5.74, 6) is 0. The number of aromatic nitrogens is 1. The van der Waals surface area contributed by atoms with Gasteiger partial charge in [0.2, 0.25) is 0 Å². The first-order valence-electron chi connectivity index (χ1n) is 5.14. The standard InChI is InChI=1S/C11H17N3/c1-14(10-4-5-10)8-9-3-2-6-13-11(9)7-12/h2-3,6,10H,4-5,7-8,12H2,1H3. The third-order valence-corrected chi connectivity index (χ3v) is 2.77. The van der Waals surface area contributed by atoms with Gasteiger partial charge in [-0.3, -0.25) is 9.88 Å². The van der Waals surface area contributed by atoms with Gasteiger partial charge in [0.25, 0.3) is 0 Å². The largest absolute Gasteiger partial charge is 0.325 e. The predicted molar refractivity (Wildman–Crippen MR) is 56.6 cm³/mol. The van der Waals surface area contributed by atoms with Crippen LogP contribution in [0.1, 0.15) is 24.1 Å². The Kier molecular flexibility index (Phi) is 2.79. The molecule has 1 heterocycles. The predicted octanol–water partition coefficient (Wildman–Crippen LogP) is 1.13. The fraction of sp³-hybridized carbons (Fsp3) is 0.545. The zero-order chi connectivity index (χ0) is 9.97. The van der Waals surface area contributed by atoms with E-state index >= 15 is 0 Å². The van der Waals surface area contributed by atoms with E-state index in [2.05, 4.69) is 23.0 Å². The van der Waals surface area contributed by atoms with Gasteiger partial charge in [0.15, 0.2) is 0 Å². The van der Waals surface area contributed by atoms with Crippen LogP contribution in [-0.2, 0) is 13.1 Å². The van der Waals surface area contributed by atoms with Crippen LogP contribution in [0.15, 0.2) is 18.3 Å². The molecule has 1 aromatic rings. The number of hydrogen-bond donors (Lipinski definition) is 1. The van der Waals surface area contributed by atoms with Gasteiger partial charge in [-0.05, 0) is 31.5 Å². The van der Waals surface area contributed by atoms with Crippen molar-refractivity contribution < 1.29 is 0 Å². The summed E-state index contributed by atoms with van der Waals surface area (Å²) in [6, 6.07) is 4.89. The van der Waals surface area contributed by atoms with E-state index in [9.17, 15) is 0 Å². The summed E-state index contributed by atoms with van der Waals surface area (Å²) in [5.41, 5.74) is 7.93. The summed E-state index contributed by atoms with van der Waals surface area (Å²) < 4.78 is 0. The van der Waals surface area contributed by atoms with Crippen LogP contribution in [0.25, 0.3) is 0 Å². The van der Waals surface area contributed by atoms with Crippen molar-refractivity contribution in [1.29, 1.82) is 0 Å². The molecule has 1 fully saturated rings. The minimum Gasteiger partial charge on any atom is -0.325 e. The lowest BCUT2D eigenvalue weighted by Crippen LogP contribution is -2.21. The lowest BCUT2D eigenvalue weighted by atomic mass is 10.2. The summed E-state index contributed by atoms with van der Waals surface area (Å²) in [6.45, 7) is 1.51. The highest BCUT2D eigenvalue weighted by molar-refractivity contribution is 5.19. The second-order valence-corrected chi connectivity index (χ2v) is 3.96. The Morgan fingerprint density at radius 2 is 2.36 bits per heavy atom. The van der Waals surface area contributed by atoms with Crippen molar-refractivity contribution in [2.75, 3.05) is 7.05 Å². The summed E-state index contributed by atoms with van der Waals surface area (Å²) >= 11 is 0. The number of nitrogens with zero attached hydrogens (tertiary/aromatic N) is 2. The minimum absolute atomic E-state index is 0.536. The lowest BCUT2D eigenvalue weighted by Gasteiger charge is -2.16. The van der Waals surface area contributed by atoms with Crippen LogP contribution >= 0.6 is 0 Å². The molecule has 14 heavy (non-hydrogen) atoms. The first-order chi connectivity index (χ1) is 6.81. The van der Waals surface area contributed by atoms with Crippen LogP contribution in [-0.4, -0.2) is 23.0 Å². The smallest absolute Gasteiger partial charge is 0.0584 e. The highest BCUT2D eigenvalue weighted by Crippen LogP contribution is 2.26. The van der Waals surface area contributed by atoms with Crippen molar-refractivity contribution in [3.63, 3.8) is 0 Å². The van der Waals surface area contributed by atoms with E-state index in [0.29, 0.717) is 6.54 Å². The molecule has 0 amide bonds. The number of pyridine rings is 1. The molecular formula is C11H17N3. The molecule has 0 radical (unpaired) electrons. The van der Waals surface area contributed by atoms with E-state index in [1.807, 2.05) is 12.3 Å². The highest BCUT2D eigenvalue weighted by atomic mass is 15.1. The van der Waals surface area contributed by atoms with Gasteiger partial charge >= 0.3 is 0 Å². The molecule has 0 atom stereocenters. The fourth-order valence-electron chi connectivity index (χ4n) is 1.71. The molecule has 0 spiro atoms.